The summed E-state index contributed by atoms with van der Waals surface area (Å²) >= 11 is 5.91. The van der Waals surface area contributed by atoms with Crippen molar-refractivity contribution in [2.75, 3.05) is 5.32 Å². The number of hydrogen-bond acceptors (Lipinski definition) is 4. The molecule has 3 aromatic rings. The van der Waals surface area contributed by atoms with Gasteiger partial charge in [-0.15, -0.1) is 0 Å². The predicted octanol–water partition coefficient (Wildman–Crippen LogP) is 4.26. The standard InChI is InChI=1S/C17H15ClN4O2/c1-21-16(13-5-7-14(18)8-6-13)11-20-17(21)19-10-12-3-2-4-15(9-12)22(23)24/h2-9,11H,10H2,1H3,(H,19,20). The van der Waals surface area contributed by atoms with Crippen molar-refractivity contribution in [1.29, 1.82) is 0 Å². The third-order valence-corrected chi connectivity index (χ3v) is 3.95. The number of aromatic nitrogens is 2. The number of non-ortho nitro benzene ring substituents is 1. The Morgan fingerprint density at radius 3 is 2.71 bits per heavy atom. The van der Waals surface area contributed by atoms with Gasteiger partial charge in [-0.05, 0) is 23.3 Å². The van der Waals surface area contributed by atoms with Gasteiger partial charge in [0.05, 0.1) is 16.8 Å². The normalized spacial score (nSPS) is 10.6. The van der Waals surface area contributed by atoms with Crippen LogP contribution < -0.4 is 5.32 Å². The highest BCUT2D eigenvalue weighted by molar-refractivity contribution is 6.30. The summed E-state index contributed by atoms with van der Waals surface area (Å²) in [6, 6.07) is 14.1. The zero-order valence-corrected chi connectivity index (χ0v) is 13.7. The Bertz CT molecular complexity index is 875. The van der Waals surface area contributed by atoms with Crippen molar-refractivity contribution in [3.8, 4) is 11.3 Å². The zero-order valence-electron chi connectivity index (χ0n) is 12.9. The van der Waals surface area contributed by atoms with Crippen molar-refractivity contribution in [3.63, 3.8) is 0 Å². The maximum absolute atomic E-state index is 10.8. The number of nitrogens with one attached hydrogen (secondary N) is 1. The van der Waals surface area contributed by atoms with E-state index in [0.29, 0.717) is 17.5 Å². The lowest BCUT2D eigenvalue weighted by atomic mass is 10.2. The number of nitro benzene ring substituents is 1. The number of anilines is 1. The molecule has 0 aliphatic carbocycles. The number of rotatable bonds is 5. The summed E-state index contributed by atoms with van der Waals surface area (Å²) in [5, 5.41) is 14.7. The molecule has 0 atom stereocenters. The van der Waals surface area contributed by atoms with E-state index in [4.69, 9.17) is 11.6 Å². The summed E-state index contributed by atoms with van der Waals surface area (Å²) < 4.78 is 1.93. The summed E-state index contributed by atoms with van der Waals surface area (Å²) in [6.07, 6.45) is 1.78. The second-order valence-electron chi connectivity index (χ2n) is 5.31. The summed E-state index contributed by atoms with van der Waals surface area (Å²) in [5.74, 6) is 0.687. The van der Waals surface area contributed by atoms with Gasteiger partial charge in [-0.3, -0.25) is 10.1 Å². The average molecular weight is 343 g/mol. The molecule has 0 aliphatic rings. The molecule has 7 heteroatoms. The SMILES string of the molecule is Cn1c(-c2ccc(Cl)cc2)cnc1NCc1cccc([N+](=O)[O-])c1. The van der Waals surface area contributed by atoms with Gasteiger partial charge in [0.2, 0.25) is 5.95 Å². The Morgan fingerprint density at radius 2 is 2.00 bits per heavy atom. The quantitative estimate of drug-likeness (QED) is 0.555. The first-order valence-corrected chi connectivity index (χ1v) is 7.67. The second kappa shape index (κ2) is 6.72. The van der Waals surface area contributed by atoms with Crippen LogP contribution in [0.1, 0.15) is 5.56 Å². The van der Waals surface area contributed by atoms with Gasteiger partial charge < -0.3 is 9.88 Å². The molecule has 0 unspecified atom stereocenters. The fourth-order valence-corrected chi connectivity index (χ4v) is 2.55. The van der Waals surface area contributed by atoms with Crippen LogP contribution >= 0.6 is 11.6 Å². The lowest BCUT2D eigenvalue weighted by Crippen LogP contribution is -2.06. The Kier molecular flexibility index (Phi) is 4.48. The van der Waals surface area contributed by atoms with Gasteiger partial charge in [-0.1, -0.05) is 35.9 Å². The molecule has 3 rings (SSSR count). The van der Waals surface area contributed by atoms with Crippen LogP contribution in [0.4, 0.5) is 11.6 Å². The van der Waals surface area contributed by atoms with Crippen molar-refractivity contribution in [3.05, 3.63) is 75.4 Å². The van der Waals surface area contributed by atoms with Crippen molar-refractivity contribution in [2.24, 2.45) is 7.05 Å². The predicted molar refractivity (Wildman–Crippen MR) is 94.1 cm³/mol. The zero-order chi connectivity index (χ0) is 17.1. The molecule has 0 saturated carbocycles. The molecule has 0 spiro atoms. The smallest absolute Gasteiger partial charge is 0.269 e. The number of imidazole rings is 1. The Hall–Kier alpha value is -2.86. The Balaban J connectivity index is 1.76. The average Bonchev–Trinajstić information content (AvgIpc) is 2.95. The summed E-state index contributed by atoms with van der Waals surface area (Å²) in [5.41, 5.74) is 2.86. The first kappa shape index (κ1) is 16.0. The number of benzene rings is 2. The number of hydrogen-bond donors (Lipinski definition) is 1. The molecule has 0 saturated heterocycles. The van der Waals surface area contributed by atoms with E-state index < -0.39 is 4.92 Å². The lowest BCUT2D eigenvalue weighted by molar-refractivity contribution is -0.384. The maximum Gasteiger partial charge on any atom is 0.269 e. The fourth-order valence-electron chi connectivity index (χ4n) is 2.42. The van der Waals surface area contributed by atoms with Gasteiger partial charge in [-0.25, -0.2) is 4.98 Å². The van der Waals surface area contributed by atoms with E-state index in [-0.39, 0.29) is 5.69 Å². The monoisotopic (exact) mass is 342 g/mol. The molecular formula is C17H15ClN4O2. The van der Waals surface area contributed by atoms with Gasteiger partial charge in [0.15, 0.2) is 0 Å². The van der Waals surface area contributed by atoms with E-state index >= 15 is 0 Å². The molecule has 6 nitrogen and oxygen atoms in total. The minimum absolute atomic E-state index is 0.0796. The third-order valence-electron chi connectivity index (χ3n) is 3.70. The van der Waals surface area contributed by atoms with E-state index in [2.05, 4.69) is 10.3 Å². The van der Waals surface area contributed by atoms with E-state index in [1.165, 1.54) is 6.07 Å². The van der Waals surface area contributed by atoms with Crippen LogP contribution in [0.15, 0.2) is 54.7 Å². The number of nitro groups is 1. The molecule has 1 N–H and O–H groups in total. The van der Waals surface area contributed by atoms with Crippen LogP contribution in [-0.2, 0) is 13.6 Å². The molecule has 1 heterocycles. The molecule has 0 aliphatic heterocycles. The second-order valence-corrected chi connectivity index (χ2v) is 5.75. The van der Waals surface area contributed by atoms with Crippen LogP contribution in [0.2, 0.25) is 5.02 Å². The third kappa shape index (κ3) is 3.38. The molecule has 0 bridgehead atoms. The summed E-state index contributed by atoms with van der Waals surface area (Å²) in [4.78, 5) is 14.8. The maximum atomic E-state index is 10.8. The topological polar surface area (TPSA) is 73.0 Å². The highest BCUT2D eigenvalue weighted by Gasteiger charge is 2.10. The van der Waals surface area contributed by atoms with Gasteiger partial charge in [0, 0.05) is 30.7 Å². The van der Waals surface area contributed by atoms with Crippen molar-refractivity contribution >= 4 is 23.2 Å². The van der Waals surface area contributed by atoms with Gasteiger partial charge in [0.25, 0.3) is 5.69 Å². The molecule has 2 aromatic carbocycles. The number of halogens is 1. The van der Waals surface area contributed by atoms with Crippen molar-refractivity contribution < 1.29 is 4.92 Å². The first-order chi connectivity index (χ1) is 11.5. The van der Waals surface area contributed by atoms with Gasteiger partial charge >= 0.3 is 0 Å². The minimum Gasteiger partial charge on any atom is -0.352 e. The Labute approximate surface area is 143 Å². The summed E-state index contributed by atoms with van der Waals surface area (Å²) in [6.45, 7) is 0.451. The van der Waals surface area contributed by atoms with Crippen LogP contribution in [-0.4, -0.2) is 14.5 Å². The Morgan fingerprint density at radius 1 is 1.25 bits per heavy atom. The van der Waals surface area contributed by atoms with Gasteiger partial charge in [-0.2, -0.15) is 0 Å². The first-order valence-electron chi connectivity index (χ1n) is 7.29. The molecule has 122 valence electrons. The molecular weight excluding hydrogens is 328 g/mol. The molecule has 1 aromatic heterocycles. The minimum atomic E-state index is -0.400. The lowest BCUT2D eigenvalue weighted by Gasteiger charge is -2.08. The van der Waals surface area contributed by atoms with Crippen LogP contribution in [0.25, 0.3) is 11.3 Å². The van der Waals surface area contributed by atoms with Crippen LogP contribution in [0.5, 0.6) is 0 Å². The molecule has 0 amide bonds. The molecule has 0 fully saturated rings. The molecule has 24 heavy (non-hydrogen) atoms. The van der Waals surface area contributed by atoms with Crippen molar-refractivity contribution in [1.82, 2.24) is 9.55 Å². The largest absolute Gasteiger partial charge is 0.352 e. The highest BCUT2D eigenvalue weighted by atomic mass is 35.5. The van der Waals surface area contributed by atoms with E-state index in [9.17, 15) is 10.1 Å². The van der Waals surface area contributed by atoms with Crippen LogP contribution in [0, 0.1) is 10.1 Å². The van der Waals surface area contributed by atoms with E-state index in [1.54, 1.807) is 18.3 Å². The van der Waals surface area contributed by atoms with Crippen LogP contribution in [0.3, 0.4) is 0 Å². The summed E-state index contributed by atoms with van der Waals surface area (Å²) in [7, 11) is 1.91. The molecule has 0 radical (unpaired) electrons. The van der Waals surface area contributed by atoms with E-state index in [0.717, 1.165) is 16.8 Å². The van der Waals surface area contributed by atoms with Crippen molar-refractivity contribution in [2.45, 2.75) is 6.54 Å². The number of nitrogens with zero attached hydrogens (tertiary/aromatic N) is 3. The van der Waals surface area contributed by atoms with Gasteiger partial charge in [0.1, 0.15) is 0 Å². The van der Waals surface area contributed by atoms with E-state index in [1.807, 2.05) is 41.9 Å². The highest BCUT2D eigenvalue weighted by Crippen LogP contribution is 2.24. The fraction of sp³-hybridized carbons (Fsp3) is 0.118.